The molecule has 2 aromatic rings. The molecule has 1 fully saturated rings. The number of hydrogen-bond acceptors (Lipinski definition) is 6. The first-order valence-electron chi connectivity index (χ1n) is 8.04. The average molecular weight is 315 g/mol. The first-order chi connectivity index (χ1) is 11.2. The predicted molar refractivity (Wildman–Crippen MR) is 86.3 cm³/mol. The number of carbonyl (C=O) groups excluding carboxylic acids is 1. The largest absolute Gasteiger partial charge is 0.366 e. The van der Waals surface area contributed by atoms with Crippen LogP contribution >= 0.6 is 0 Å². The predicted octanol–water partition coefficient (Wildman–Crippen LogP) is 3.16. The number of amides is 1. The lowest BCUT2D eigenvalue weighted by molar-refractivity contribution is 0.102. The number of nitrogens with one attached hydrogen (secondary N) is 2. The molecule has 2 heterocycles. The Kier molecular flexibility index (Phi) is 4.85. The van der Waals surface area contributed by atoms with Gasteiger partial charge >= 0.3 is 0 Å². The Morgan fingerprint density at radius 2 is 1.91 bits per heavy atom. The highest BCUT2D eigenvalue weighted by molar-refractivity contribution is 6.02. The van der Waals surface area contributed by atoms with Crippen LogP contribution in [0.3, 0.4) is 0 Å². The van der Waals surface area contributed by atoms with Gasteiger partial charge in [0, 0.05) is 12.1 Å². The van der Waals surface area contributed by atoms with Crippen LogP contribution in [0.25, 0.3) is 0 Å². The van der Waals surface area contributed by atoms with E-state index < -0.39 is 0 Å². The lowest BCUT2D eigenvalue weighted by Gasteiger charge is -2.16. The van der Waals surface area contributed by atoms with Crippen molar-refractivity contribution < 1.29 is 9.32 Å². The Labute approximate surface area is 134 Å². The Morgan fingerprint density at radius 1 is 1.13 bits per heavy atom. The van der Waals surface area contributed by atoms with Gasteiger partial charge in [-0.3, -0.25) is 4.79 Å². The van der Waals surface area contributed by atoms with E-state index in [2.05, 4.69) is 25.8 Å². The summed E-state index contributed by atoms with van der Waals surface area (Å²) in [7, 11) is 0. The number of aromatic nitrogens is 3. The van der Waals surface area contributed by atoms with Crippen LogP contribution in [0.2, 0.25) is 0 Å². The van der Waals surface area contributed by atoms with Crippen LogP contribution in [0, 0.1) is 6.92 Å². The molecule has 0 atom stereocenters. The van der Waals surface area contributed by atoms with Crippen molar-refractivity contribution in [2.45, 2.75) is 51.5 Å². The lowest BCUT2D eigenvalue weighted by atomic mass is 10.1. The van der Waals surface area contributed by atoms with Gasteiger partial charge in [-0.05, 0) is 19.8 Å². The summed E-state index contributed by atoms with van der Waals surface area (Å²) in [6.07, 6.45) is 10.5. The average Bonchev–Trinajstić information content (AvgIpc) is 2.80. The van der Waals surface area contributed by atoms with Crippen molar-refractivity contribution in [1.82, 2.24) is 15.1 Å². The van der Waals surface area contributed by atoms with Crippen molar-refractivity contribution in [3.05, 3.63) is 29.9 Å². The molecule has 23 heavy (non-hydrogen) atoms. The van der Waals surface area contributed by atoms with Crippen LogP contribution in [0.1, 0.15) is 54.8 Å². The maximum atomic E-state index is 12.1. The molecule has 2 N–H and O–H groups in total. The third-order valence-electron chi connectivity index (χ3n) is 3.96. The Hall–Kier alpha value is -2.44. The molecule has 0 unspecified atom stereocenters. The molecule has 0 saturated heterocycles. The molecule has 2 aromatic heterocycles. The van der Waals surface area contributed by atoms with Crippen LogP contribution in [-0.4, -0.2) is 27.1 Å². The quantitative estimate of drug-likeness (QED) is 0.842. The van der Waals surface area contributed by atoms with Gasteiger partial charge in [-0.15, -0.1) is 0 Å². The summed E-state index contributed by atoms with van der Waals surface area (Å²) in [5, 5.41) is 9.75. The molecule has 0 aliphatic heterocycles. The minimum absolute atomic E-state index is 0.247. The van der Waals surface area contributed by atoms with Gasteiger partial charge in [0.25, 0.3) is 5.91 Å². The molecular weight excluding hydrogens is 294 g/mol. The Morgan fingerprint density at radius 3 is 2.52 bits per heavy atom. The van der Waals surface area contributed by atoms with Crippen LogP contribution in [0.4, 0.5) is 11.6 Å². The highest BCUT2D eigenvalue weighted by atomic mass is 16.5. The second kappa shape index (κ2) is 7.21. The smallest absolute Gasteiger partial charge is 0.277 e. The second-order valence-corrected chi connectivity index (χ2v) is 5.90. The first kappa shape index (κ1) is 15.5. The van der Waals surface area contributed by atoms with Gasteiger partial charge < -0.3 is 15.2 Å². The van der Waals surface area contributed by atoms with Crippen LogP contribution in [0.5, 0.6) is 0 Å². The van der Waals surface area contributed by atoms with Crippen LogP contribution in [0.15, 0.2) is 23.0 Å². The fourth-order valence-electron chi connectivity index (χ4n) is 2.76. The fraction of sp³-hybridized carbons (Fsp3) is 0.500. The summed E-state index contributed by atoms with van der Waals surface area (Å²) in [5.74, 6) is 1.36. The van der Waals surface area contributed by atoms with E-state index >= 15 is 0 Å². The molecule has 3 rings (SSSR count). The van der Waals surface area contributed by atoms with Gasteiger partial charge in [0.2, 0.25) is 0 Å². The normalized spacial score (nSPS) is 15.9. The third kappa shape index (κ3) is 4.28. The number of anilines is 2. The zero-order valence-corrected chi connectivity index (χ0v) is 13.2. The topological polar surface area (TPSA) is 92.9 Å². The lowest BCUT2D eigenvalue weighted by Crippen LogP contribution is -2.20. The second-order valence-electron chi connectivity index (χ2n) is 5.90. The summed E-state index contributed by atoms with van der Waals surface area (Å²) in [4.78, 5) is 20.5. The summed E-state index contributed by atoms with van der Waals surface area (Å²) in [5.41, 5.74) is 0.247. The molecule has 0 aromatic carbocycles. The molecule has 1 aliphatic rings. The maximum absolute atomic E-state index is 12.1. The van der Waals surface area contributed by atoms with Gasteiger partial charge in [0.05, 0.1) is 12.4 Å². The van der Waals surface area contributed by atoms with Crippen LogP contribution < -0.4 is 10.6 Å². The van der Waals surface area contributed by atoms with Gasteiger partial charge in [-0.25, -0.2) is 9.97 Å². The van der Waals surface area contributed by atoms with Gasteiger partial charge in [0.15, 0.2) is 5.82 Å². The third-order valence-corrected chi connectivity index (χ3v) is 3.96. The van der Waals surface area contributed by atoms with Crippen molar-refractivity contribution in [2.75, 3.05) is 10.6 Å². The summed E-state index contributed by atoms with van der Waals surface area (Å²) >= 11 is 0. The summed E-state index contributed by atoms with van der Waals surface area (Å²) in [6.45, 7) is 1.76. The molecule has 0 spiro atoms. The van der Waals surface area contributed by atoms with Crippen molar-refractivity contribution in [3.63, 3.8) is 0 Å². The van der Waals surface area contributed by atoms with Crippen molar-refractivity contribution >= 4 is 17.5 Å². The minimum Gasteiger partial charge on any atom is -0.366 e. The number of carbonyl (C=O) groups is 1. The molecule has 7 nitrogen and oxygen atoms in total. The van der Waals surface area contributed by atoms with Gasteiger partial charge in [0.1, 0.15) is 17.3 Å². The van der Waals surface area contributed by atoms with E-state index in [0.717, 1.165) is 12.8 Å². The molecule has 122 valence electrons. The van der Waals surface area contributed by atoms with Crippen LogP contribution in [-0.2, 0) is 0 Å². The number of hydrogen-bond donors (Lipinski definition) is 2. The molecule has 0 bridgehead atoms. The van der Waals surface area contributed by atoms with Crippen molar-refractivity contribution in [2.24, 2.45) is 0 Å². The zero-order valence-electron chi connectivity index (χ0n) is 13.2. The standard InChI is InChI=1S/C16H21N5O2/c1-11-8-14(21-23-11)20-16(22)13-9-18-15(10-17-13)19-12-6-4-2-3-5-7-12/h8-10,12H,2-7H2,1H3,(H,18,19)(H,20,21,22). The molecule has 1 amide bonds. The molecule has 1 saturated carbocycles. The molecular formula is C16H21N5O2. The number of aryl methyl sites for hydroxylation is 1. The van der Waals surface area contributed by atoms with E-state index in [9.17, 15) is 4.79 Å². The highest BCUT2D eigenvalue weighted by Crippen LogP contribution is 2.20. The van der Waals surface area contributed by atoms with E-state index in [4.69, 9.17) is 4.52 Å². The number of nitrogens with zero attached hydrogens (tertiary/aromatic N) is 3. The van der Waals surface area contributed by atoms with E-state index in [0.29, 0.717) is 23.4 Å². The fourth-order valence-corrected chi connectivity index (χ4v) is 2.76. The van der Waals surface area contributed by atoms with Gasteiger partial charge in [-0.1, -0.05) is 30.8 Å². The molecule has 0 radical (unpaired) electrons. The first-order valence-corrected chi connectivity index (χ1v) is 8.04. The van der Waals surface area contributed by atoms with Gasteiger partial charge in [-0.2, -0.15) is 0 Å². The van der Waals surface area contributed by atoms with E-state index in [-0.39, 0.29) is 11.6 Å². The van der Waals surface area contributed by atoms with E-state index in [1.54, 1.807) is 19.2 Å². The Balaban J connectivity index is 1.58. The maximum Gasteiger partial charge on any atom is 0.277 e. The van der Waals surface area contributed by atoms with E-state index in [1.807, 2.05) is 0 Å². The van der Waals surface area contributed by atoms with Crippen molar-refractivity contribution in [1.29, 1.82) is 0 Å². The Bertz CT molecular complexity index is 645. The molecule has 1 aliphatic carbocycles. The summed E-state index contributed by atoms with van der Waals surface area (Å²) in [6, 6.07) is 2.09. The molecule has 7 heteroatoms. The van der Waals surface area contributed by atoms with E-state index in [1.165, 1.54) is 31.9 Å². The van der Waals surface area contributed by atoms with Crippen molar-refractivity contribution in [3.8, 4) is 0 Å². The number of rotatable bonds is 4. The zero-order chi connectivity index (χ0) is 16.1. The monoisotopic (exact) mass is 315 g/mol. The summed E-state index contributed by atoms with van der Waals surface area (Å²) < 4.78 is 4.90. The minimum atomic E-state index is -0.355. The SMILES string of the molecule is Cc1cc(NC(=O)c2cnc(NC3CCCCCC3)cn2)no1. The highest BCUT2D eigenvalue weighted by Gasteiger charge is 2.14.